The number of rotatable bonds is 12. The van der Waals surface area contributed by atoms with Gasteiger partial charge in [0.1, 0.15) is 0 Å². The topological polar surface area (TPSA) is 6.48 Å². The molecule has 0 saturated carbocycles. The van der Waals surface area contributed by atoms with E-state index in [1.54, 1.807) is 0 Å². The van der Waals surface area contributed by atoms with Crippen molar-refractivity contribution < 1.29 is 0 Å². The van der Waals surface area contributed by atoms with E-state index in [2.05, 4.69) is 351 Å². The fourth-order valence-electron chi connectivity index (χ4n) is 13.2. The molecule has 0 N–H and O–H groups in total. The first kappa shape index (κ1) is 51.1. The Morgan fingerprint density at radius 3 is 1.18 bits per heavy atom. The zero-order chi connectivity index (χ0) is 56.8. The Balaban J connectivity index is 0.863. The Morgan fingerprint density at radius 1 is 0.212 bits per heavy atom. The molecule has 14 aromatic carbocycles. The molecule has 85 heavy (non-hydrogen) atoms. The van der Waals surface area contributed by atoms with Crippen molar-refractivity contribution in [1.82, 2.24) is 0 Å². The van der Waals surface area contributed by atoms with Crippen LogP contribution in [0.3, 0.4) is 0 Å². The van der Waals surface area contributed by atoms with Crippen LogP contribution in [0.15, 0.2) is 328 Å². The number of hydrogen-bond donors (Lipinski definition) is 0. The van der Waals surface area contributed by atoms with Crippen LogP contribution in [0.4, 0.5) is 34.1 Å². The Kier molecular flexibility index (Phi) is 12.9. The van der Waals surface area contributed by atoms with Gasteiger partial charge in [-0.3, -0.25) is 0 Å². The second kappa shape index (κ2) is 21.5. The Labute approximate surface area is 498 Å². The molecule has 0 unspecified atom stereocenters. The molecule has 0 radical (unpaired) electrons. The molecule has 1 aliphatic rings. The standard InChI is InChI=1S/C83H60N2/c1-83(2)80-37-20-19-35-73(80)74-51-50-70(54-81(74)83)85(82-53-65-30-15-16-33-71(65)72-34-17-18-36-75(72)82)68-48-42-63(43-49-68)79-56-76(60-26-11-5-12-27-60)78(55-77(79)61-28-13-6-14-29-61)62-40-46-67(47-41-62)84(66-44-38-59(39-45-66)57-22-7-3-8-23-57)69-32-21-31-64(52-69)58-24-9-4-10-25-58/h3-56H,1-2H3. The first-order valence-corrected chi connectivity index (χ1v) is 29.5. The van der Waals surface area contributed by atoms with Crippen molar-refractivity contribution in [2.75, 3.05) is 9.80 Å². The van der Waals surface area contributed by atoms with Crippen molar-refractivity contribution >= 4 is 55.7 Å². The fourth-order valence-corrected chi connectivity index (χ4v) is 13.2. The molecule has 1 aliphatic carbocycles. The lowest BCUT2D eigenvalue weighted by molar-refractivity contribution is 0.660. The van der Waals surface area contributed by atoms with Gasteiger partial charge in [-0.1, -0.05) is 263 Å². The van der Waals surface area contributed by atoms with Crippen LogP contribution in [0.1, 0.15) is 25.0 Å². The van der Waals surface area contributed by atoms with E-state index >= 15 is 0 Å². The molecule has 15 rings (SSSR count). The quantitative estimate of drug-likeness (QED) is 0.113. The minimum Gasteiger partial charge on any atom is -0.310 e. The van der Waals surface area contributed by atoms with E-state index in [0.29, 0.717) is 0 Å². The van der Waals surface area contributed by atoms with E-state index in [-0.39, 0.29) is 5.41 Å². The summed E-state index contributed by atoms with van der Waals surface area (Å²) in [5.41, 5.74) is 25.8. The SMILES string of the molecule is CC1(C)c2ccccc2-c2ccc(N(c3ccc(-c4cc(-c5ccccc5)c(-c5ccc(N(c6ccc(-c7ccccc7)cc6)c6cccc(-c7ccccc7)c6)cc5)cc4-c4ccccc4)cc3)c3cc4ccccc4c4ccccc34)cc21. The van der Waals surface area contributed by atoms with E-state index in [9.17, 15) is 0 Å². The van der Waals surface area contributed by atoms with Gasteiger partial charge in [-0.25, -0.2) is 0 Å². The lowest BCUT2D eigenvalue weighted by Gasteiger charge is -2.30. The molecule has 0 saturated heterocycles. The van der Waals surface area contributed by atoms with Crippen LogP contribution in [0, 0.1) is 0 Å². The second-order valence-electron chi connectivity index (χ2n) is 22.8. The van der Waals surface area contributed by atoms with Crippen LogP contribution < -0.4 is 9.80 Å². The maximum Gasteiger partial charge on any atom is 0.0546 e. The lowest BCUT2D eigenvalue weighted by atomic mass is 9.82. The van der Waals surface area contributed by atoms with Crippen LogP contribution in [0.2, 0.25) is 0 Å². The highest BCUT2D eigenvalue weighted by Gasteiger charge is 2.36. The van der Waals surface area contributed by atoms with Gasteiger partial charge in [-0.15, -0.1) is 0 Å². The van der Waals surface area contributed by atoms with Crippen molar-refractivity contribution in [1.29, 1.82) is 0 Å². The molecule has 0 aliphatic heterocycles. The van der Waals surface area contributed by atoms with Crippen molar-refractivity contribution in [2.45, 2.75) is 19.3 Å². The van der Waals surface area contributed by atoms with Crippen LogP contribution in [0.5, 0.6) is 0 Å². The summed E-state index contributed by atoms with van der Waals surface area (Å²) in [7, 11) is 0. The number of anilines is 6. The molecular formula is C83H60N2. The van der Waals surface area contributed by atoms with Gasteiger partial charge in [-0.05, 0) is 184 Å². The van der Waals surface area contributed by atoms with Gasteiger partial charge in [0.05, 0.1) is 5.69 Å². The molecule has 0 amide bonds. The second-order valence-corrected chi connectivity index (χ2v) is 22.8. The third-order valence-corrected chi connectivity index (χ3v) is 17.5. The predicted octanol–water partition coefficient (Wildman–Crippen LogP) is 23.2. The molecule has 0 heterocycles. The molecule has 2 heteroatoms. The highest BCUT2D eigenvalue weighted by Crippen LogP contribution is 2.52. The van der Waals surface area contributed by atoms with E-state index in [1.807, 2.05) is 0 Å². The number of nitrogens with zero attached hydrogens (tertiary/aromatic N) is 2. The summed E-state index contributed by atoms with van der Waals surface area (Å²) in [4.78, 5) is 4.86. The van der Waals surface area contributed by atoms with Crippen LogP contribution in [-0.4, -0.2) is 0 Å². The zero-order valence-electron chi connectivity index (χ0n) is 47.6. The fraction of sp³-hybridized carbons (Fsp3) is 0.0361. The molecule has 0 aromatic heterocycles. The molecule has 0 fully saturated rings. The smallest absolute Gasteiger partial charge is 0.0546 e. The highest BCUT2D eigenvalue weighted by molar-refractivity contribution is 6.15. The van der Waals surface area contributed by atoms with Gasteiger partial charge in [0, 0.05) is 39.2 Å². The minimum atomic E-state index is -0.160. The summed E-state index contributed by atoms with van der Waals surface area (Å²) >= 11 is 0. The van der Waals surface area contributed by atoms with Gasteiger partial charge in [0.2, 0.25) is 0 Å². The first-order valence-electron chi connectivity index (χ1n) is 29.5. The summed E-state index contributed by atoms with van der Waals surface area (Å²) in [5, 5.41) is 4.91. The third kappa shape index (κ3) is 9.35. The summed E-state index contributed by atoms with van der Waals surface area (Å²) in [5.74, 6) is 0. The summed E-state index contributed by atoms with van der Waals surface area (Å²) in [6, 6.07) is 120. The van der Waals surface area contributed by atoms with E-state index < -0.39 is 0 Å². The number of fused-ring (bicyclic) bond motifs is 6. The van der Waals surface area contributed by atoms with Gasteiger partial charge >= 0.3 is 0 Å². The first-order chi connectivity index (χ1) is 41.9. The largest absolute Gasteiger partial charge is 0.310 e. The van der Waals surface area contributed by atoms with Gasteiger partial charge in [0.25, 0.3) is 0 Å². The molecule has 0 bridgehead atoms. The predicted molar refractivity (Wildman–Crippen MR) is 361 cm³/mol. The molecule has 402 valence electrons. The number of hydrogen-bond acceptors (Lipinski definition) is 2. The van der Waals surface area contributed by atoms with Crippen molar-refractivity contribution in [3.05, 3.63) is 339 Å². The average Bonchev–Trinajstić information content (AvgIpc) is 2.43. The Bertz CT molecular complexity index is 4740. The molecule has 2 nitrogen and oxygen atoms in total. The minimum absolute atomic E-state index is 0.160. The Morgan fingerprint density at radius 2 is 0.600 bits per heavy atom. The van der Waals surface area contributed by atoms with Crippen LogP contribution in [0.25, 0.3) is 99.4 Å². The van der Waals surface area contributed by atoms with Gasteiger partial charge in [-0.2, -0.15) is 0 Å². The molecular weight excluding hydrogens is 1020 g/mol. The zero-order valence-corrected chi connectivity index (χ0v) is 47.6. The third-order valence-electron chi connectivity index (χ3n) is 17.5. The average molecular weight is 1090 g/mol. The molecule has 0 spiro atoms. The van der Waals surface area contributed by atoms with Crippen molar-refractivity contribution in [2.24, 2.45) is 0 Å². The van der Waals surface area contributed by atoms with Crippen molar-refractivity contribution in [3.63, 3.8) is 0 Å². The van der Waals surface area contributed by atoms with Crippen molar-refractivity contribution in [3.8, 4) is 77.9 Å². The molecule has 14 aromatic rings. The molecule has 0 atom stereocenters. The van der Waals surface area contributed by atoms with E-state index in [1.165, 1.54) is 82.7 Å². The highest BCUT2D eigenvalue weighted by atomic mass is 15.1. The van der Waals surface area contributed by atoms with E-state index in [0.717, 1.165) is 61.9 Å². The normalized spacial score (nSPS) is 12.2. The van der Waals surface area contributed by atoms with Gasteiger partial charge < -0.3 is 9.80 Å². The Hall–Kier alpha value is -10.8. The monoisotopic (exact) mass is 1080 g/mol. The lowest BCUT2D eigenvalue weighted by Crippen LogP contribution is -2.16. The summed E-state index contributed by atoms with van der Waals surface area (Å²) < 4.78 is 0. The number of benzene rings is 14. The summed E-state index contributed by atoms with van der Waals surface area (Å²) in [6.07, 6.45) is 0. The maximum absolute atomic E-state index is 2.49. The summed E-state index contributed by atoms with van der Waals surface area (Å²) in [6.45, 7) is 4.74. The van der Waals surface area contributed by atoms with Crippen LogP contribution in [-0.2, 0) is 5.41 Å². The van der Waals surface area contributed by atoms with E-state index in [4.69, 9.17) is 0 Å². The van der Waals surface area contributed by atoms with Crippen LogP contribution >= 0.6 is 0 Å². The van der Waals surface area contributed by atoms with Gasteiger partial charge in [0.15, 0.2) is 0 Å². The maximum atomic E-state index is 2.49.